The van der Waals surface area contributed by atoms with Crippen LogP contribution in [0.25, 0.3) is 0 Å². The van der Waals surface area contributed by atoms with E-state index in [0.717, 1.165) is 5.56 Å². The van der Waals surface area contributed by atoms with Gasteiger partial charge in [-0.05, 0) is 43.4 Å². The standard InChI is InChI=1S/C15H12Cl2N2OS/c1-9-4-2-5-10(8-9)14(20)19-15(21)18-13-11(16)6-3-7-12(13)17/h2-8H,1H3,(H2,18,19,20,21). The maximum absolute atomic E-state index is 12.1. The Bertz CT molecular complexity index is 684. The number of halogens is 2. The van der Waals surface area contributed by atoms with Crippen molar-refractivity contribution in [2.24, 2.45) is 0 Å². The highest BCUT2D eigenvalue weighted by atomic mass is 35.5. The molecule has 108 valence electrons. The number of anilines is 1. The number of nitrogens with one attached hydrogen (secondary N) is 2. The van der Waals surface area contributed by atoms with Gasteiger partial charge < -0.3 is 5.32 Å². The highest BCUT2D eigenvalue weighted by Crippen LogP contribution is 2.29. The van der Waals surface area contributed by atoms with E-state index in [-0.39, 0.29) is 11.0 Å². The molecule has 0 saturated carbocycles. The fourth-order valence-corrected chi connectivity index (χ4v) is 2.41. The van der Waals surface area contributed by atoms with Gasteiger partial charge in [-0.15, -0.1) is 0 Å². The van der Waals surface area contributed by atoms with Crippen molar-refractivity contribution in [1.82, 2.24) is 5.32 Å². The summed E-state index contributed by atoms with van der Waals surface area (Å²) >= 11 is 17.2. The van der Waals surface area contributed by atoms with Crippen LogP contribution in [0.1, 0.15) is 15.9 Å². The van der Waals surface area contributed by atoms with Crippen LogP contribution in [0.3, 0.4) is 0 Å². The molecule has 0 aliphatic rings. The van der Waals surface area contributed by atoms with E-state index in [1.165, 1.54) is 0 Å². The first-order valence-corrected chi connectivity index (χ1v) is 7.27. The summed E-state index contributed by atoms with van der Waals surface area (Å²) in [6.45, 7) is 1.91. The number of para-hydroxylation sites is 1. The molecule has 6 heteroatoms. The molecule has 2 N–H and O–H groups in total. The topological polar surface area (TPSA) is 41.1 Å². The van der Waals surface area contributed by atoms with E-state index in [9.17, 15) is 4.79 Å². The Balaban J connectivity index is 2.07. The van der Waals surface area contributed by atoms with Crippen LogP contribution in [-0.4, -0.2) is 11.0 Å². The van der Waals surface area contributed by atoms with Crippen molar-refractivity contribution < 1.29 is 4.79 Å². The number of carbonyl (C=O) groups is 1. The van der Waals surface area contributed by atoms with Crippen molar-refractivity contribution in [3.63, 3.8) is 0 Å². The average Bonchev–Trinajstić information content (AvgIpc) is 2.43. The molecule has 0 fully saturated rings. The van der Waals surface area contributed by atoms with Crippen molar-refractivity contribution in [3.05, 3.63) is 63.6 Å². The van der Waals surface area contributed by atoms with Gasteiger partial charge >= 0.3 is 0 Å². The lowest BCUT2D eigenvalue weighted by Gasteiger charge is -2.12. The Kier molecular flexibility index (Phi) is 5.17. The molecule has 0 saturated heterocycles. The zero-order valence-corrected chi connectivity index (χ0v) is 13.4. The molecule has 0 spiro atoms. The molecule has 0 unspecified atom stereocenters. The summed E-state index contributed by atoms with van der Waals surface area (Å²) in [6, 6.07) is 12.3. The fraction of sp³-hybridized carbons (Fsp3) is 0.0667. The zero-order valence-electron chi connectivity index (χ0n) is 11.1. The van der Waals surface area contributed by atoms with Crippen LogP contribution in [0.4, 0.5) is 5.69 Å². The molecule has 0 atom stereocenters. The number of hydrogen-bond acceptors (Lipinski definition) is 2. The van der Waals surface area contributed by atoms with Crippen LogP contribution < -0.4 is 10.6 Å². The molecular weight excluding hydrogens is 327 g/mol. The van der Waals surface area contributed by atoms with E-state index in [1.807, 2.05) is 19.1 Å². The molecule has 2 rings (SSSR count). The predicted molar refractivity (Wildman–Crippen MR) is 91.3 cm³/mol. The van der Waals surface area contributed by atoms with Crippen molar-refractivity contribution in [2.75, 3.05) is 5.32 Å². The smallest absolute Gasteiger partial charge is 0.257 e. The summed E-state index contributed by atoms with van der Waals surface area (Å²) < 4.78 is 0. The van der Waals surface area contributed by atoms with Crippen molar-refractivity contribution in [2.45, 2.75) is 6.92 Å². The number of amides is 1. The van der Waals surface area contributed by atoms with Crippen LogP contribution in [0.5, 0.6) is 0 Å². The summed E-state index contributed by atoms with van der Waals surface area (Å²) in [5, 5.41) is 6.41. The molecule has 0 aliphatic carbocycles. The third kappa shape index (κ3) is 4.17. The zero-order chi connectivity index (χ0) is 15.4. The number of thiocarbonyl (C=S) groups is 1. The van der Waals surface area contributed by atoms with Crippen molar-refractivity contribution in [3.8, 4) is 0 Å². The maximum atomic E-state index is 12.1. The molecule has 3 nitrogen and oxygen atoms in total. The number of hydrogen-bond donors (Lipinski definition) is 2. The van der Waals surface area contributed by atoms with Gasteiger partial charge in [-0.2, -0.15) is 0 Å². The monoisotopic (exact) mass is 338 g/mol. The van der Waals surface area contributed by atoms with Gasteiger partial charge in [-0.3, -0.25) is 10.1 Å². The molecule has 21 heavy (non-hydrogen) atoms. The Morgan fingerprint density at radius 3 is 2.33 bits per heavy atom. The Morgan fingerprint density at radius 1 is 1.10 bits per heavy atom. The Labute approximate surface area is 138 Å². The van der Waals surface area contributed by atoms with Crippen molar-refractivity contribution >= 4 is 52.1 Å². The second-order valence-corrected chi connectivity index (χ2v) is 5.60. The van der Waals surface area contributed by atoms with Crippen molar-refractivity contribution in [1.29, 1.82) is 0 Å². The van der Waals surface area contributed by atoms with E-state index in [4.69, 9.17) is 35.4 Å². The van der Waals surface area contributed by atoms with Gasteiger partial charge in [0.25, 0.3) is 5.91 Å². The van der Waals surface area contributed by atoms with Crippen LogP contribution in [0.2, 0.25) is 10.0 Å². The molecule has 2 aromatic carbocycles. The minimum atomic E-state index is -0.292. The second-order valence-electron chi connectivity index (χ2n) is 4.37. The second kappa shape index (κ2) is 6.89. The van der Waals surface area contributed by atoms with E-state index < -0.39 is 0 Å². The van der Waals surface area contributed by atoms with Gasteiger partial charge in [-0.1, -0.05) is 47.0 Å². The predicted octanol–water partition coefficient (Wildman–Crippen LogP) is 4.43. The summed E-state index contributed by atoms with van der Waals surface area (Å²) in [6.07, 6.45) is 0. The van der Waals surface area contributed by atoms with E-state index >= 15 is 0 Å². The van der Waals surface area contributed by atoms with E-state index in [2.05, 4.69) is 10.6 Å². The van der Waals surface area contributed by atoms with Crippen LogP contribution in [-0.2, 0) is 0 Å². The lowest BCUT2D eigenvalue weighted by Crippen LogP contribution is -2.34. The quantitative estimate of drug-likeness (QED) is 0.796. The molecule has 0 bridgehead atoms. The van der Waals surface area contributed by atoms with E-state index in [1.54, 1.807) is 30.3 Å². The van der Waals surface area contributed by atoms with Gasteiger partial charge in [0.05, 0.1) is 15.7 Å². The third-order valence-electron chi connectivity index (χ3n) is 2.71. The minimum absolute atomic E-state index is 0.136. The maximum Gasteiger partial charge on any atom is 0.257 e. The van der Waals surface area contributed by atoms with Crippen LogP contribution in [0.15, 0.2) is 42.5 Å². The molecule has 0 heterocycles. The first-order chi connectivity index (χ1) is 9.97. The molecule has 0 radical (unpaired) electrons. The van der Waals surface area contributed by atoms with Gasteiger partial charge in [-0.25, -0.2) is 0 Å². The summed E-state index contributed by atoms with van der Waals surface area (Å²) in [5.41, 5.74) is 2.00. The minimum Gasteiger partial charge on any atom is -0.330 e. The molecular formula is C15H12Cl2N2OS. The van der Waals surface area contributed by atoms with Gasteiger partial charge in [0.15, 0.2) is 5.11 Å². The molecule has 0 aliphatic heterocycles. The Hall–Kier alpha value is -1.62. The highest BCUT2D eigenvalue weighted by Gasteiger charge is 2.11. The van der Waals surface area contributed by atoms with Crippen LogP contribution in [0, 0.1) is 6.92 Å². The fourth-order valence-electron chi connectivity index (χ4n) is 1.72. The summed E-state index contributed by atoms with van der Waals surface area (Å²) in [4.78, 5) is 12.1. The number of aryl methyl sites for hydroxylation is 1. The number of benzene rings is 2. The Morgan fingerprint density at radius 2 is 1.71 bits per heavy atom. The third-order valence-corrected chi connectivity index (χ3v) is 3.54. The average molecular weight is 339 g/mol. The summed E-state index contributed by atoms with van der Waals surface area (Å²) in [7, 11) is 0. The lowest BCUT2D eigenvalue weighted by atomic mass is 10.1. The number of rotatable bonds is 2. The molecule has 1 amide bonds. The summed E-state index contributed by atoms with van der Waals surface area (Å²) in [5.74, 6) is -0.292. The van der Waals surface area contributed by atoms with Gasteiger partial charge in [0.2, 0.25) is 0 Å². The molecule has 0 aromatic heterocycles. The SMILES string of the molecule is Cc1cccc(C(=O)NC(=S)Nc2c(Cl)cccc2Cl)c1. The van der Waals surface area contributed by atoms with Gasteiger partial charge in [0.1, 0.15) is 0 Å². The first kappa shape index (κ1) is 15.8. The highest BCUT2D eigenvalue weighted by molar-refractivity contribution is 7.80. The number of carbonyl (C=O) groups excluding carboxylic acids is 1. The first-order valence-electron chi connectivity index (χ1n) is 6.10. The van der Waals surface area contributed by atoms with Crippen LogP contribution >= 0.6 is 35.4 Å². The largest absolute Gasteiger partial charge is 0.330 e. The van der Waals surface area contributed by atoms with Gasteiger partial charge in [0, 0.05) is 5.56 Å². The lowest BCUT2D eigenvalue weighted by molar-refractivity contribution is 0.0977. The molecule has 2 aromatic rings. The normalized spacial score (nSPS) is 10.0. The van der Waals surface area contributed by atoms with E-state index in [0.29, 0.717) is 21.3 Å².